The molecular formula is C14H17N3O3S. The van der Waals surface area contributed by atoms with Crippen LogP contribution in [0.2, 0.25) is 0 Å². The van der Waals surface area contributed by atoms with Crippen molar-refractivity contribution in [2.75, 3.05) is 0 Å². The van der Waals surface area contributed by atoms with E-state index in [1.54, 1.807) is 45.0 Å². The lowest BCUT2D eigenvalue weighted by atomic mass is 10.2. The van der Waals surface area contributed by atoms with E-state index in [-0.39, 0.29) is 12.3 Å². The summed E-state index contributed by atoms with van der Waals surface area (Å²) in [6.07, 6.45) is -0.483. The SMILES string of the molecule is CC(C)(C)OC(=O)NCc1nnc(-c2ccc(O)cc2)s1. The van der Waals surface area contributed by atoms with Gasteiger partial charge in [-0.15, -0.1) is 10.2 Å². The molecule has 1 amide bonds. The Morgan fingerprint density at radius 2 is 1.95 bits per heavy atom. The highest BCUT2D eigenvalue weighted by atomic mass is 32.1. The molecule has 0 atom stereocenters. The molecule has 1 aromatic carbocycles. The van der Waals surface area contributed by atoms with Gasteiger partial charge < -0.3 is 15.2 Å². The van der Waals surface area contributed by atoms with E-state index in [0.717, 1.165) is 10.6 Å². The van der Waals surface area contributed by atoms with E-state index in [2.05, 4.69) is 15.5 Å². The molecule has 0 aliphatic heterocycles. The van der Waals surface area contributed by atoms with Crippen LogP contribution in [0.3, 0.4) is 0 Å². The van der Waals surface area contributed by atoms with Crippen molar-refractivity contribution in [1.82, 2.24) is 15.5 Å². The number of nitrogens with one attached hydrogen (secondary N) is 1. The van der Waals surface area contributed by atoms with Crippen molar-refractivity contribution in [3.63, 3.8) is 0 Å². The van der Waals surface area contributed by atoms with Crippen LogP contribution in [-0.4, -0.2) is 27.0 Å². The third kappa shape index (κ3) is 4.71. The van der Waals surface area contributed by atoms with Crippen molar-refractivity contribution in [3.8, 4) is 16.3 Å². The van der Waals surface area contributed by atoms with Crippen LogP contribution in [-0.2, 0) is 11.3 Å². The molecule has 0 aliphatic rings. The lowest BCUT2D eigenvalue weighted by molar-refractivity contribution is 0.0523. The number of rotatable bonds is 3. The molecular weight excluding hydrogens is 290 g/mol. The van der Waals surface area contributed by atoms with Gasteiger partial charge in [-0.1, -0.05) is 11.3 Å². The van der Waals surface area contributed by atoms with Gasteiger partial charge in [-0.2, -0.15) is 0 Å². The van der Waals surface area contributed by atoms with Crippen LogP contribution in [0, 0.1) is 0 Å². The number of amides is 1. The van der Waals surface area contributed by atoms with E-state index in [9.17, 15) is 9.90 Å². The van der Waals surface area contributed by atoms with Crippen molar-refractivity contribution in [2.45, 2.75) is 32.9 Å². The number of aromatic nitrogens is 2. The molecule has 21 heavy (non-hydrogen) atoms. The second-order valence-corrected chi connectivity index (χ2v) is 6.47. The Morgan fingerprint density at radius 3 is 2.57 bits per heavy atom. The van der Waals surface area contributed by atoms with Gasteiger partial charge in [-0.05, 0) is 45.0 Å². The minimum Gasteiger partial charge on any atom is -0.508 e. The molecule has 0 spiro atoms. The number of hydrogen-bond acceptors (Lipinski definition) is 6. The maximum Gasteiger partial charge on any atom is 0.408 e. The smallest absolute Gasteiger partial charge is 0.408 e. The number of benzene rings is 1. The third-order valence-electron chi connectivity index (χ3n) is 2.36. The Morgan fingerprint density at radius 1 is 1.29 bits per heavy atom. The summed E-state index contributed by atoms with van der Waals surface area (Å²) in [6.45, 7) is 5.69. The van der Waals surface area contributed by atoms with Crippen LogP contribution in [0.5, 0.6) is 5.75 Å². The predicted octanol–water partition coefficient (Wildman–Crippen LogP) is 2.94. The van der Waals surface area contributed by atoms with Crippen molar-refractivity contribution >= 4 is 17.4 Å². The first-order valence-electron chi connectivity index (χ1n) is 6.42. The fraction of sp³-hybridized carbons (Fsp3) is 0.357. The highest BCUT2D eigenvalue weighted by molar-refractivity contribution is 7.14. The van der Waals surface area contributed by atoms with Crippen LogP contribution in [0.15, 0.2) is 24.3 Å². The normalized spacial score (nSPS) is 11.2. The van der Waals surface area contributed by atoms with Gasteiger partial charge in [0.25, 0.3) is 0 Å². The molecule has 0 radical (unpaired) electrons. The number of phenolic OH excluding ortho intramolecular Hbond substituents is 1. The number of nitrogens with zero attached hydrogens (tertiary/aromatic N) is 2. The van der Waals surface area contributed by atoms with Gasteiger partial charge >= 0.3 is 6.09 Å². The quantitative estimate of drug-likeness (QED) is 0.910. The molecule has 2 rings (SSSR count). The number of carbonyl (C=O) groups is 1. The summed E-state index contributed by atoms with van der Waals surface area (Å²) in [7, 11) is 0. The van der Waals surface area contributed by atoms with Crippen LogP contribution >= 0.6 is 11.3 Å². The van der Waals surface area contributed by atoms with Crippen molar-refractivity contribution in [3.05, 3.63) is 29.3 Å². The Kier molecular flexibility index (Phi) is 4.42. The number of hydrogen-bond donors (Lipinski definition) is 2. The summed E-state index contributed by atoms with van der Waals surface area (Å²) >= 11 is 1.38. The fourth-order valence-electron chi connectivity index (χ4n) is 1.51. The average Bonchev–Trinajstić information content (AvgIpc) is 2.84. The zero-order valence-electron chi connectivity index (χ0n) is 12.1. The largest absolute Gasteiger partial charge is 0.508 e. The van der Waals surface area contributed by atoms with E-state index in [1.807, 2.05) is 0 Å². The zero-order chi connectivity index (χ0) is 15.5. The highest BCUT2D eigenvalue weighted by Crippen LogP contribution is 2.25. The van der Waals surface area contributed by atoms with Gasteiger partial charge in [-0.25, -0.2) is 4.79 Å². The molecule has 0 unspecified atom stereocenters. The number of carbonyl (C=O) groups excluding carboxylic acids is 1. The predicted molar refractivity (Wildman–Crippen MR) is 80.1 cm³/mol. The molecule has 0 saturated carbocycles. The molecule has 1 aromatic heterocycles. The van der Waals surface area contributed by atoms with E-state index in [1.165, 1.54) is 11.3 Å². The molecule has 0 bridgehead atoms. The molecule has 112 valence electrons. The molecule has 0 fully saturated rings. The molecule has 7 heteroatoms. The third-order valence-corrected chi connectivity index (χ3v) is 3.34. The van der Waals surface area contributed by atoms with Crippen molar-refractivity contribution in [2.24, 2.45) is 0 Å². The summed E-state index contributed by atoms with van der Waals surface area (Å²) in [4.78, 5) is 11.5. The maximum absolute atomic E-state index is 11.5. The molecule has 2 aromatic rings. The van der Waals surface area contributed by atoms with E-state index < -0.39 is 11.7 Å². The van der Waals surface area contributed by atoms with Crippen LogP contribution in [0.1, 0.15) is 25.8 Å². The minimum absolute atomic E-state index is 0.204. The van der Waals surface area contributed by atoms with Crippen LogP contribution in [0.4, 0.5) is 4.79 Å². The summed E-state index contributed by atoms with van der Waals surface area (Å²) in [5, 5.41) is 21.4. The first-order chi connectivity index (χ1) is 9.83. The lowest BCUT2D eigenvalue weighted by Gasteiger charge is -2.19. The second-order valence-electron chi connectivity index (χ2n) is 5.40. The topological polar surface area (TPSA) is 84.3 Å². The second kappa shape index (κ2) is 6.09. The first-order valence-corrected chi connectivity index (χ1v) is 7.24. The Hall–Kier alpha value is -2.15. The van der Waals surface area contributed by atoms with E-state index in [4.69, 9.17) is 4.74 Å². The van der Waals surface area contributed by atoms with Gasteiger partial charge in [0.1, 0.15) is 21.4 Å². The standard InChI is InChI=1S/C14H17N3O3S/c1-14(2,3)20-13(19)15-8-11-16-17-12(21-11)9-4-6-10(18)7-5-9/h4-7,18H,8H2,1-3H3,(H,15,19). The highest BCUT2D eigenvalue weighted by Gasteiger charge is 2.16. The van der Waals surface area contributed by atoms with E-state index >= 15 is 0 Å². The van der Waals surface area contributed by atoms with Gasteiger partial charge in [0.2, 0.25) is 0 Å². The van der Waals surface area contributed by atoms with Crippen molar-refractivity contribution in [1.29, 1.82) is 0 Å². The molecule has 0 saturated heterocycles. The Bertz CT molecular complexity index is 617. The average molecular weight is 307 g/mol. The minimum atomic E-state index is -0.525. The number of alkyl carbamates (subject to hydrolysis) is 1. The number of phenols is 1. The summed E-state index contributed by atoms with van der Waals surface area (Å²) in [6, 6.07) is 6.71. The number of aromatic hydroxyl groups is 1. The van der Waals surface area contributed by atoms with Gasteiger partial charge in [0, 0.05) is 5.56 Å². The Labute approximate surface area is 126 Å². The van der Waals surface area contributed by atoms with Gasteiger partial charge in [0.15, 0.2) is 0 Å². The number of ether oxygens (including phenoxy) is 1. The summed E-state index contributed by atoms with van der Waals surface area (Å²) in [5.74, 6) is 0.204. The van der Waals surface area contributed by atoms with Crippen LogP contribution < -0.4 is 5.32 Å². The summed E-state index contributed by atoms with van der Waals surface area (Å²) in [5.41, 5.74) is 0.344. The maximum atomic E-state index is 11.5. The lowest BCUT2D eigenvalue weighted by Crippen LogP contribution is -2.32. The van der Waals surface area contributed by atoms with Crippen LogP contribution in [0.25, 0.3) is 10.6 Å². The van der Waals surface area contributed by atoms with Crippen molar-refractivity contribution < 1.29 is 14.6 Å². The van der Waals surface area contributed by atoms with Gasteiger partial charge in [0.05, 0.1) is 6.54 Å². The Balaban J connectivity index is 1.94. The molecule has 1 heterocycles. The molecule has 0 aliphatic carbocycles. The van der Waals surface area contributed by atoms with E-state index in [0.29, 0.717) is 5.01 Å². The monoisotopic (exact) mass is 307 g/mol. The summed E-state index contributed by atoms with van der Waals surface area (Å²) < 4.78 is 5.14. The first kappa shape index (κ1) is 15.2. The fourth-order valence-corrected chi connectivity index (χ4v) is 2.29. The molecule has 6 nitrogen and oxygen atoms in total. The molecule has 2 N–H and O–H groups in total. The van der Waals surface area contributed by atoms with Gasteiger partial charge in [-0.3, -0.25) is 0 Å². The zero-order valence-corrected chi connectivity index (χ0v) is 12.9.